The van der Waals surface area contributed by atoms with Crippen molar-refractivity contribution in [1.82, 2.24) is 4.90 Å². The molecular weight excluding hydrogens is 206 g/mol. The van der Waals surface area contributed by atoms with Gasteiger partial charge < -0.3 is 14.7 Å². The van der Waals surface area contributed by atoms with E-state index in [1.165, 1.54) is 0 Å². The molecule has 0 unspecified atom stereocenters. The molecule has 1 saturated carbocycles. The number of likely N-dealkylation sites (tertiary alicyclic amines) is 1. The molecule has 2 rings (SSSR count). The van der Waals surface area contributed by atoms with Gasteiger partial charge in [-0.1, -0.05) is 6.42 Å². The summed E-state index contributed by atoms with van der Waals surface area (Å²) < 4.78 is 5.09. The lowest BCUT2D eigenvalue weighted by Crippen LogP contribution is -2.47. The maximum Gasteiger partial charge on any atom is 0.228 e. The van der Waals surface area contributed by atoms with Gasteiger partial charge in [0.1, 0.15) is 0 Å². The molecule has 0 aromatic carbocycles. The molecule has 1 atom stereocenters. The fourth-order valence-electron chi connectivity index (χ4n) is 2.73. The highest BCUT2D eigenvalue weighted by Gasteiger charge is 2.46. The van der Waals surface area contributed by atoms with Crippen LogP contribution in [0.4, 0.5) is 0 Å². The number of β-amino-alcohol motifs (C(OH)–C–C–N with tert-alkyl or cyclic N) is 1. The Hall–Kier alpha value is -0.610. The van der Waals surface area contributed by atoms with Gasteiger partial charge in [-0.2, -0.15) is 0 Å². The number of hydrogen-bond acceptors (Lipinski definition) is 3. The minimum atomic E-state index is -0.316. The molecule has 0 bridgehead atoms. The van der Waals surface area contributed by atoms with E-state index in [1.807, 2.05) is 4.90 Å². The third kappa shape index (κ3) is 2.09. The molecule has 4 nitrogen and oxygen atoms in total. The van der Waals surface area contributed by atoms with Crippen molar-refractivity contribution in [2.75, 3.05) is 26.8 Å². The van der Waals surface area contributed by atoms with E-state index in [-0.39, 0.29) is 17.4 Å². The van der Waals surface area contributed by atoms with E-state index >= 15 is 0 Å². The minimum Gasteiger partial charge on any atom is -0.391 e. The van der Waals surface area contributed by atoms with Crippen LogP contribution in [0.15, 0.2) is 0 Å². The summed E-state index contributed by atoms with van der Waals surface area (Å²) in [5, 5.41) is 9.46. The predicted octanol–water partition coefficient (Wildman–Crippen LogP) is 0.786. The van der Waals surface area contributed by atoms with Crippen molar-refractivity contribution in [1.29, 1.82) is 0 Å². The molecule has 1 aliphatic heterocycles. The summed E-state index contributed by atoms with van der Waals surface area (Å²) in [6.07, 6.45) is 4.36. The van der Waals surface area contributed by atoms with Crippen LogP contribution in [0, 0.1) is 5.41 Å². The quantitative estimate of drug-likeness (QED) is 0.772. The molecule has 0 aromatic heterocycles. The molecule has 1 aliphatic carbocycles. The predicted molar refractivity (Wildman–Crippen MR) is 60.0 cm³/mol. The molecule has 0 spiro atoms. The van der Waals surface area contributed by atoms with Crippen LogP contribution >= 0.6 is 0 Å². The zero-order valence-corrected chi connectivity index (χ0v) is 9.95. The molecule has 1 heterocycles. The Balaban J connectivity index is 1.95. The third-order valence-corrected chi connectivity index (χ3v) is 4.00. The Morgan fingerprint density at radius 3 is 2.75 bits per heavy atom. The number of carbonyl (C=O) groups excluding carboxylic acids is 1. The lowest BCUT2D eigenvalue weighted by Gasteiger charge is -2.42. The second-order valence-corrected chi connectivity index (χ2v) is 5.07. The normalized spacial score (nSPS) is 27.9. The van der Waals surface area contributed by atoms with Gasteiger partial charge in [-0.15, -0.1) is 0 Å². The first-order valence-electron chi connectivity index (χ1n) is 6.14. The van der Waals surface area contributed by atoms with Crippen LogP contribution in [0.2, 0.25) is 0 Å². The largest absolute Gasteiger partial charge is 0.391 e. The average molecular weight is 227 g/mol. The summed E-state index contributed by atoms with van der Waals surface area (Å²) in [6, 6.07) is 0. The van der Waals surface area contributed by atoms with Gasteiger partial charge in [-0.05, 0) is 25.7 Å². The first-order chi connectivity index (χ1) is 7.68. The Bertz CT molecular complexity index is 263. The molecule has 4 heteroatoms. The van der Waals surface area contributed by atoms with Gasteiger partial charge >= 0.3 is 0 Å². The van der Waals surface area contributed by atoms with Crippen LogP contribution in [0.5, 0.6) is 0 Å². The number of ether oxygens (including phenoxy) is 1. The highest BCUT2D eigenvalue weighted by Crippen LogP contribution is 2.45. The maximum absolute atomic E-state index is 12.4. The smallest absolute Gasteiger partial charge is 0.228 e. The summed E-state index contributed by atoms with van der Waals surface area (Å²) >= 11 is 0. The van der Waals surface area contributed by atoms with Crippen LogP contribution in [0.3, 0.4) is 0 Å². The van der Waals surface area contributed by atoms with Crippen molar-refractivity contribution in [2.24, 2.45) is 5.41 Å². The topological polar surface area (TPSA) is 49.8 Å². The van der Waals surface area contributed by atoms with E-state index in [4.69, 9.17) is 4.74 Å². The Kier molecular flexibility index (Phi) is 3.50. The highest BCUT2D eigenvalue weighted by atomic mass is 16.5. The van der Waals surface area contributed by atoms with Crippen LogP contribution < -0.4 is 0 Å². The summed E-state index contributed by atoms with van der Waals surface area (Å²) in [6.45, 7) is 1.89. The van der Waals surface area contributed by atoms with Gasteiger partial charge in [0.2, 0.25) is 5.91 Å². The number of methoxy groups -OCH3 is 1. The third-order valence-electron chi connectivity index (χ3n) is 4.00. The van der Waals surface area contributed by atoms with Gasteiger partial charge in [0.15, 0.2) is 0 Å². The SMILES string of the molecule is COCCC1(C(=O)N2CC[C@@H](O)C2)CCC1. The Morgan fingerprint density at radius 2 is 2.31 bits per heavy atom. The molecule has 1 saturated heterocycles. The molecule has 0 aromatic rings. The van der Waals surface area contributed by atoms with Crippen molar-refractivity contribution in [2.45, 2.75) is 38.2 Å². The minimum absolute atomic E-state index is 0.167. The molecule has 16 heavy (non-hydrogen) atoms. The lowest BCUT2D eigenvalue weighted by molar-refractivity contribution is -0.148. The number of hydrogen-bond donors (Lipinski definition) is 1. The molecule has 2 aliphatic rings. The van der Waals surface area contributed by atoms with Gasteiger partial charge in [0.05, 0.1) is 11.5 Å². The van der Waals surface area contributed by atoms with Crippen molar-refractivity contribution in [3.63, 3.8) is 0 Å². The van der Waals surface area contributed by atoms with Crippen molar-refractivity contribution in [3.05, 3.63) is 0 Å². The van der Waals surface area contributed by atoms with E-state index in [1.54, 1.807) is 7.11 Å². The Morgan fingerprint density at radius 1 is 1.56 bits per heavy atom. The number of aliphatic hydroxyl groups is 1. The van der Waals surface area contributed by atoms with Crippen LogP contribution in [0.25, 0.3) is 0 Å². The fourth-order valence-corrected chi connectivity index (χ4v) is 2.73. The summed E-state index contributed by atoms with van der Waals surface area (Å²) in [7, 11) is 1.68. The molecule has 0 radical (unpaired) electrons. The standard InChI is InChI=1S/C12H21NO3/c1-16-8-6-12(4-2-5-12)11(15)13-7-3-10(14)9-13/h10,14H,2-9H2,1H3/t10-/m1/s1. The maximum atomic E-state index is 12.4. The average Bonchev–Trinajstić information content (AvgIpc) is 2.63. The van der Waals surface area contributed by atoms with Crippen molar-refractivity contribution >= 4 is 5.91 Å². The number of carbonyl (C=O) groups is 1. The highest BCUT2D eigenvalue weighted by molar-refractivity contribution is 5.84. The van der Waals surface area contributed by atoms with E-state index in [0.29, 0.717) is 19.7 Å². The number of rotatable bonds is 4. The first kappa shape index (κ1) is 11.9. The first-order valence-corrected chi connectivity index (χ1v) is 6.14. The molecule has 1 N–H and O–H groups in total. The number of aliphatic hydroxyl groups excluding tert-OH is 1. The van der Waals surface area contributed by atoms with Gasteiger partial charge in [0, 0.05) is 26.8 Å². The second kappa shape index (κ2) is 4.72. The summed E-state index contributed by atoms with van der Waals surface area (Å²) in [5.41, 5.74) is -0.167. The monoisotopic (exact) mass is 227 g/mol. The summed E-state index contributed by atoms with van der Waals surface area (Å²) in [4.78, 5) is 14.2. The second-order valence-electron chi connectivity index (χ2n) is 5.07. The van der Waals surface area contributed by atoms with Crippen molar-refractivity contribution < 1.29 is 14.6 Å². The lowest BCUT2D eigenvalue weighted by atomic mass is 9.66. The molecule has 92 valence electrons. The molecular formula is C12H21NO3. The van der Waals surface area contributed by atoms with E-state index in [2.05, 4.69) is 0 Å². The summed E-state index contributed by atoms with van der Waals surface area (Å²) in [5.74, 6) is 0.243. The zero-order chi connectivity index (χ0) is 11.6. The molecule has 2 fully saturated rings. The number of nitrogens with zero attached hydrogens (tertiary/aromatic N) is 1. The van der Waals surface area contributed by atoms with Crippen LogP contribution in [-0.2, 0) is 9.53 Å². The Labute approximate surface area is 96.6 Å². The number of amides is 1. The van der Waals surface area contributed by atoms with Crippen LogP contribution in [-0.4, -0.2) is 48.8 Å². The van der Waals surface area contributed by atoms with Gasteiger partial charge in [-0.3, -0.25) is 4.79 Å². The van der Waals surface area contributed by atoms with E-state index in [0.717, 1.165) is 32.1 Å². The molecule has 1 amide bonds. The zero-order valence-electron chi connectivity index (χ0n) is 9.95. The van der Waals surface area contributed by atoms with Crippen LogP contribution in [0.1, 0.15) is 32.1 Å². The van der Waals surface area contributed by atoms with Gasteiger partial charge in [0.25, 0.3) is 0 Å². The van der Waals surface area contributed by atoms with E-state index < -0.39 is 0 Å². The fraction of sp³-hybridized carbons (Fsp3) is 0.917. The van der Waals surface area contributed by atoms with Crippen molar-refractivity contribution in [3.8, 4) is 0 Å². The van der Waals surface area contributed by atoms with E-state index in [9.17, 15) is 9.90 Å². The van der Waals surface area contributed by atoms with Gasteiger partial charge in [-0.25, -0.2) is 0 Å².